The van der Waals surface area contributed by atoms with Crippen LogP contribution >= 0.6 is 0 Å². The molecule has 2 aromatic carbocycles. The normalized spacial score (nSPS) is 13.7. The van der Waals surface area contributed by atoms with Gasteiger partial charge in [-0.05, 0) is 23.3 Å². The van der Waals surface area contributed by atoms with Gasteiger partial charge in [-0.25, -0.2) is 13.1 Å². The van der Waals surface area contributed by atoms with Crippen LogP contribution in [0.5, 0.6) is 0 Å². The van der Waals surface area contributed by atoms with Crippen LogP contribution in [-0.4, -0.2) is 20.1 Å². The second kappa shape index (κ2) is 7.33. The van der Waals surface area contributed by atoms with Gasteiger partial charge < -0.3 is 5.11 Å². The Labute approximate surface area is 138 Å². The van der Waals surface area contributed by atoms with Crippen LogP contribution in [0, 0.1) is 0 Å². The first-order valence-corrected chi connectivity index (χ1v) is 8.69. The molecule has 0 saturated carbocycles. The number of aliphatic hydroxyl groups excluding tert-OH is 1. The first-order chi connectivity index (χ1) is 11.2. The van der Waals surface area contributed by atoms with Gasteiger partial charge in [-0.3, -0.25) is 0 Å². The van der Waals surface area contributed by atoms with E-state index >= 15 is 0 Å². The van der Waals surface area contributed by atoms with Crippen molar-refractivity contribution in [2.24, 2.45) is 0 Å². The Morgan fingerprint density at radius 2 is 1.58 bits per heavy atom. The molecule has 0 spiro atoms. The predicted octanol–water partition coefficient (Wildman–Crippen LogP) is 2.86. The molecular formula is C16H16F3NO3S. The zero-order valence-electron chi connectivity index (χ0n) is 12.5. The van der Waals surface area contributed by atoms with Gasteiger partial charge >= 0.3 is 6.18 Å². The van der Waals surface area contributed by atoms with E-state index < -0.39 is 27.9 Å². The number of alkyl halides is 3. The number of benzene rings is 2. The van der Waals surface area contributed by atoms with Gasteiger partial charge in [0.15, 0.2) is 0 Å². The molecule has 0 amide bonds. The van der Waals surface area contributed by atoms with E-state index in [-0.39, 0.29) is 17.9 Å². The number of aliphatic hydroxyl groups is 1. The monoisotopic (exact) mass is 359 g/mol. The van der Waals surface area contributed by atoms with E-state index in [9.17, 15) is 26.7 Å². The highest BCUT2D eigenvalue weighted by molar-refractivity contribution is 7.88. The molecule has 130 valence electrons. The average Bonchev–Trinajstić information content (AvgIpc) is 2.52. The first-order valence-electron chi connectivity index (χ1n) is 7.04. The minimum atomic E-state index is -4.46. The molecule has 24 heavy (non-hydrogen) atoms. The molecule has 0 aromatic heterocycles. The zero-order chi connectivity index (χ0) is 17.8. The van der Waals surface area contributed by atoms with Crippen LogP contribution in [0.15, 0.2) is 54.6 Å². The number of nitrogens with one attached hydrogen (secondary N) is 1. The zero-order valence-corrected chi connectivity index (χ0v) is 13.3. The van der Waals surface area contributed by atoms with Crippen molar-refractivity contribution in [1.82, 2.24) is 4.72 Å². The maximum atomic E-state index is 12.5. The average molecular weight is 359 g/mol. The minimum absolute atomic E-state index is 0.199. The Kier molecular flexibility index (Phi) is 5.63. The second-order valence-corrected chi connectivity index (χ2v) is 7.04. The molecule has 0 aliphatic rings. The fourth-order valence-electron chi connectivity index (χ4n) is 2.06. The van der Waals surface area contributed by atoms with Crippen molar-refractivity contribution >= 4 is 10.0 Å². The molecule has 4 nitrogen and oxygen atoms in total. The minimum Gasteiger partial charge on any atom is -0.387 e. The van der Waals surface area contributed by atoms with Crippen molar-refractivity contribution in [3.63, 3.8) is 0 Å². The molecule has 1 atom stereocenters. The Morgan fingerprint density at radius 3 is 2.12 bits per heavy atom. The maximum absolute atomic E-state index is 12.5. The lowest BCUT2D eigenvalue weighted by Gasteiger charge is -2.14. The Bertz CT molecular complexity index is 759. The SMILES string of the molecule is O=S(=O)(Cc1ccccc1)NCC(O)c1ccc(C(F)(F)F)cc1. The van der Waals surface area contributed by atoms with E-state index in [1.807, 2.05) is 0 Å². The lowest BCUT2D eigenvalue weighted by Crippen LogP contribution is -2.29. The third-order valence-electron chi connectivity index (χ3n) is 3.32. The van der Waals surface area contributed by atoms with Crippen molar-refractivity contribution in [2.45, 2.75) is 18.0 Å². The number of rotatable bonds is 6. The third kappa shape index (κ3) is 5.33. The van der Waals surface area contributed by atoms with Crippen molar-refractivity contribution < 1.29 is 26.7 Å². The Balaban J connectivity index is 1.96. The summed E-state index contributed by atoms with van der Waals surface area (Å²) in [7, 11) is -3.66. The summed E-state index contributed by atoms with van der Waals surface area (Å²) in [6.07, 6.45) is -5.70. The molecule has 0 heterocycles. The number of halogens is 3. The summed E-state index contributed by atoms with van der Waals surface area (Å²) in [5, 5.41) is 9.94. The fraction of sp³-hybridized carbons (Fsp3) is 0.250. The van der Waals surface area contributed by atoms with Crippen molar-refractivity contribution in [2.75, 3.05) is 6.54 Å². The molecule has 0 aliphatic carbocycles. The van der Waals surface area contributed by atoms with Gasteiger partial charge in [-0.2, -0.15) is 13.2 Å². The Hall–Kier alpha value is -1.90. The van der Waals surface area contributed by atoms with E-state index in [2.05, 4.69) is 4.72 Å². The van der Waals surface area contributed by atoms with Crippen LogP contribution in [0.3, 0.4) is 0 Å². The van der Waals surface area contributed by atoms with Gasteiger partial charge in [0.1, 0.15) is 0 Å². The highest BCUT2D eigenvalue weighted by atomic mass is 32.2. The van der Waals surface area contributed by atoms with Gasteiger partial charge in [0.2, 0.25) is 10.0 Å². The molecule has 2 rings (SSSR count). The number of hydrogen-bond donors (Lipinski definition) is 2. The largest absolute Gasteiger partial charge is 0.416 e. The topological polar surface area (TPSA) is 66.4 Å². The molecule has 0 bridgehead atoms. The van der Waals surface area contributed by atoms with Crippen molar-refractivity contribution in [3.05, 3.63) is 71.3 Å². The molecule has 0 saturated heterocycles. The molecule has 2 aromatic rings. The van der Waals surface area contributed by atoms with Crippen LogP contribution in [0.4, 0.5) is 13.2 Å². The van der Waals surface area contributed by atoms with Gasteiger partial charge in [-0.15, -0.1) is 0 Å². The molecule has 0 radical (unpaired) electrons. The lowest BCUT2D eigenvalue weighted by molar-refractivity contribution is -0.137. The van der Waals surface area contributed by atoms with Crippen LogP contribution < -0.4 is 4.72 Å². The summed E-state index contributed by atoms with van der Waals surface area (Å²) in [4.78, 5) is 0. The molecule has 0 fully saturated rings. The predicted molar refractivity (Wildman–Crippen MR) is 83.5 cm³/mol. The van der Waals surface area contributed by atoms with Gasteiger partial charge in [0, 0.05) is 6.54 Å². The van der Waals surface area contributed by atoms with Gasteiger partial charge in [0.25, 0.3) is 0 Å². The fourth-order valence-corrected chi connectivity index (χ4v) is 3.21. The second-order valence-electron chi connectivity index (χ2n) is 5.23. The summed E-state index contributed by atoms with van der Waals surface area (Å²) in [5.74, 6) is -0.242. The molecule has 2 N–H and O–H groups in total. The van der Waals surface area contributed by atoms with E-state index in [0.717, 1.165) is 24.3 Å². The van der Waals surface area contributed by atoms with Crippen LogP contribution in [0.2, 0.25) is 0 Å². The lowest BCUT2D eigenvalue weighted by atomic mass is 10.1. The highest BCUT2D eigenvalue weighted by Crippen LogP contribution is 2.29. The molecule has 1 unspecified atom stereocenters. The van der Waals surface area contributed by atoms with E-state index in [4.69, 9.17) is 0 Å². The third-order valence-corrected chi connectivity index (χ3v) is 4.64. The maximum Gasteiger partial charge on any atom is 0.416 e. The van der Waals surface area contributed by atoms with Crippen LogP contribution in [0.1, 0.15) is 22.8 Å². The van der Waals surface area contributed by atoms with Gasteiger partial charge in [-0.1, -0.05) is 42.5 Å². The summed E-state index contributed by atoms with van der Waals surface area (Å²) in [6, 6.07) is 12.4. The summed E-state index contributed by atoms with van der Waals surface area (Å²) >= 11 is 0. The van der Waals surface area contributed by atoms with E-state index in [0.29, 0.717) is 5.56 Å². The molecular weight excluding hydrogens is 343 g/mol. The Morgan fingerprint density at radius 1 is 1.00 bits per heavy atom. The van der Waals surface area contributed by atoms with Crippen LogP contribution in [0.25, 0.3) is 0 Å². The summed E-state index contributed by atoms with van der Waals surface area (Å²) < 4.78 is 63.6. The quantitative estimate of drug-likeness (QED) is 0.834. The molecule has 8 heteroatoms. The van der Waals surface area contributed by atoms with Gasteiger partial charge in [0.05, 0.1) is 17.4 Å². The summed E-state index contributed by atoms with van der Waals surface area (Å²) in [6.45, 7) is -0.319. The first kappa shape index (κ1) is 18.4. The summed E-state index contributed by atoms with van der Waals surface area (Å²) in [5.41, 5.74) is -0.0393. The smallest absolute Gasteiger partial charge is 0.387 e. The van der Waals surface area contributed by atoms with Crippen molar-refractivity contribution in [1.29, 1.82) is 0 Å². The van der Waals surface area contributed by atoms with Crippen LogP contribution in [-0.2, 0) is 22.0 Å². The number of sulfonamides is 1. The molecule has 0 aliphatic heterocycles. The van der Waals surface area contributed by atoms with E-state index in [1.165, 1.54) is 0 Å². The van der Waals surface area contributed by atoms with Crippen molar-refractivity contribution in [3.8, 4) is 0 Å². The van der Waals surface area contributed by atoms with E-state index in [1.54, 1.807) is 30.3 Å². The standard InChI is InChI=1S/C16H16F3NO3S/c17-16(18,19)14-8-6-13(7-9-14)15(21)10-20-24(22,23)11-12-4-2-1-3-5-12/h1-9,15,20-21H,10-11H2. The highest BCUT2D eigenvalue weighted by Gasteiger charge is 2.30. The number of hydrogen-bond acceptors (Lipinski definition) is 3.